The van der Waals surface area contributed by atoms with E-state index in [1.54, 1.807) is 12.4 Å². The molecule has 1 aromatic heterocycles. The number of phenols is 1. The van der Waals surface area contributed by atoms with E-state index >= 15 is 0 Å². The van der Waals surface area contributed by atoms with Gasteiger partial charge in [-0.05, 0) is 31.0 Å². The lowest BCUT2D eigenvalue weighted by Gasteiger charge is -2.25. The molecule has 8 heteroatoms. The van der Waals surface area contributed by atoms with E-state index in [-0.39, 0.29) is 11.8 Å². The second-order valence-corrected chi connectivity index (χ2v) is 5.72. The Balaban J connectivity index is 1.64. The number of aliphatic imine (C=N–C) groups is 1. The molecule has 2 aromatic rings. The summed E-state index contributed by atoms with van der Waals surface area (Å²) in [4.78, 5) is 8.71. The Bertz CT molecular complexity index is 729. The average molecular weight is 332 g/mol. The minimum atomic E-state index is -0.633. The number of hydrogen-bond acceptors (Lipinski definition) is 4. The van der Waals surface area contributed by atoms with Crippen molar-refractivity contribution in [2.45, 2.75) is 38.9 Å². The number of aromatic hydroxyl groups is 1. The first-order chi connectivity index (χ1) is 11.7. The van der Waals surface area contributed by atoms with Crippen LogP contribution in [0.1, 0.15) is 24.7 Å². The molecule has 0 amide bonds. The van der Waals surface area contributed by atoms with Crippen molar-refractivity contribution in [3.63, 3.8) is 0 Å². The lowest BCUT2D eigenvalue weighted by molar-refractivity contribution is 0.392. The number of phenolic OH excluding ortho intramolecular Hbond substituents is 1. The van der Waals surface area contributed by atoms with E-state index in [9.17, 15) is 9.50 Å². The molecule has 0 spiro atoms. The number of nitrogens with zero attached hydrogens (tertiary/aromatic N) is 4. The highest BCUT2D eigenvalue weighted by Crippen LogP contribution is 2.16. The van der Waals surface area contributed by atoms with Crippen LogP contribution in [0.4, 0.5) is 4.39 Å². The molecule has 0 bridgehead atoms. The highest BCUT2D eigenvalue weighted by molar-refractivity contribution is 5.80. The van der Waals surface area contributed by atoms with Gasteiger partial charge in [0.1, 0.15) is 12.2 Å². The maximum absolute atomic E-state index is 13.4. The van der Waals surface area contributed by atoms with Gasteiger partial charge in [0.25, 0.3) is 0 Å². The summed E-state index contributed by atoms with van der Waals surface area (Å²) in [5.74, 6) is 0.708. The van der Waals surface area contributed by atoms with Crippen molar-refractivity contribution in [1.29, 1.82) is 0 Å². The third kappa shape index (κ3) is 3.81. The van der Waals surface area contributed by atoms with Crippen molar-refractivity contribution in [3.8, 4) is 5.75 Å². The molecule has 3 rings (SSSR count). The molecule has 1 aliphatic rings. The Morgan fingerprint density at radius 1 is 1.50 bits per heavy atom. The number of hydrogen-bond donors (Lipinski definition) is 3. The highest BCUT2D eigenvalue weighted by Gasteiger charge is 2.20. The largest absolute Gasteiger partial charge is 0.505 e. The number of rotatable bonds is 4. The number of aryl methyl sites for hydroxylation is 1. The van der Waals surface area contributed by atoms with E-state index in [1.165, 1.54) is 12.1 Å². The third-order valence-corrected chi connectivity index (χ3v) is 3.92. The minimum Gasteiger partial charge on any atom is -0.505 e. The van der Waals surface area contributed by atoms with E-state index in [0.717, 1.165) is 31.8 Å². The molecule has 0 radical (unpaired) electrons. The Labute approximate surface area is 139 Å². The molecule has 128 valence electrons. The normalized spacial score (nSPS) is 17.4. The van der Waals surface area contributed by atoms with Gasteiger partial charge in [0.2, 0.25) is 0 Å². The SMILES string of the molecule is CCNC(=NCc1ccc(O)c(F)c1)NC1CCc2ncnn2C1. The predicted molar refractivity (Wildman–Crippen MR) is 88.1 cm³/mol. The second-order valence-electron chi connectivity index (χ2n) is 5.72. The molecule has 2 heterocycles. The number of benzene rings is 1. The summed E-state index contributed by atoms with van der Waals surface area (Å²) in [6, 6.07) is 4.51. The van der Waals surface area contributed by atoms with Crippen molar-refractivity contribution in [3.05, 3.63) is 41.7 Å². The molecule has 1 atom stereocenters. The molecule has 1 aromatic carbocycles. The summed E-state index contributed by atoms with van der Waals surface area (Å²) < 4.78 is 15.3. The van der Waals surface area contributed by atoms with Crippen LogP contribution in [0.3, 0.4) is 0 Å². The molecule has 24 heavy (non-hydrogen) atoms. The zero-order chi connectivity index (χ0) is 16.9. The Hall–Kier alpha value is -2.64. The molecule has 0 aliphatic carbocycles. The summed E-state index contributed by atoms with van der Waals surface area (Å²) >= 11 is 0. The Morgan fingerprint density at radius 3 is 3.17 bits per heavy atom. The van der Waals surface area contributed by atoms with Crippen molar-refractivity contribution in [1.82, 2.24) is 25.4 Å². The molecule has 1 unspecified atom stereocenters. The standard InChI is InChI=1S/C16H21FN6O/c1-2-18-16(19-8-11-3-5-14(24)13(17)7-11)22-12-4-6-15-20-10-21-23(15)9-12/h3,5,7,10,12,24H,2,4,6,8-9H2,1H3,(H2,18,19,22). The number of halogens is 1. The fourth-order valence-corrected chi connectivity index (χ4v) is 2.69. The van der Waals surface area contributed by atoms with Crippen molar-refractivity contribution in [2.75, 3.05) is 6.54 Å². The van der Waals surface area contributed by atoms with Gasteiger partial charge in [0.05, 0.1) is 13.1 Å². The lowest BCUT2D eigenvalue weighted by atomic mass is 10.1. The smallest absolute Gasteiger partial charge is 0.191 e. The van der Waals surface area contributed by atoms with Gasteiger partial charge < -0.3 is 15.7 Å². The molecule has 0 saturated heterocycles. The van der Waals surface area contributed by atoms with Gasteiger partial charge in [0.15, 0.2) is 17.5 Å². The summed E-state index contributed by atoms with van der Waals surface area (Å²) in [7, 11) is 0. The summed E-state index contributed by atoms with van der Waals surface area (Å²) in [6.45, 7) is 3.80. The zero-order valence-electron chi connectivity index (χ0n) is 13.5. The van der Waals surface area contributed by atoms with Crippen LogP contribution in [0, 0.1) is 5.82 Å². The second kappa shape index (κ2) is 7.29. The van der Waals surface area contributed by atoms with Gasteiger partial charge in [0, 0.05) is 19.0 Å². The maximum atomic E-state index is 13.4. The summed E-state index contributed by atoms with van der Waals surface area (Å²) in [5, 5.41) is 20.0. The average Bonchev–Trinajstić information content (AvgIpc) is 3.03. The van der Waals surface area contributed by atoms with Gasteiger partial charge >= 0.3 is 0 Å². The van der Waals surface area contributed by atoms with E-state index in [2.05, 4.69) is 25.7 Å². The lowest BCUT2D eigenvalue weighted by Crippen LogP contribution is -2.47. The molecule has 0 saturated carbocycles. The monoisotopic (exact) mass is 332 g/mol. The topological polar surface area (TPSA) is 87.4 Å². The minimum absolute atomic E-state index is 0.216. The quantitative estimate of drug-likeness (QED) is 0.578. The van der Waals surface area contributed by atoms with Crippen LogP contribution in [0.5, 0.6) is 5.75 Å². The van der Waals surface area contributed by atoms with Crippen LogP contribution in [-0.4, -0.2) is 38.4 Å². The molecule has 3 N–H and O–H groups in total. The van der Waals surface area contributed by atoms with Crippen molar-refractivity contribution in [2.24, 2.45) is 4.99 Å². The number of fused-ring (bicyclic) bond motifs is 1. The van der Waals surface area contributed by atoms with Gasteiger partial charge in [-0.15, -0.1) is 0 Å². The summed E-state index contributed by atoms with van der Waals surface area (Å²) in [6.07, 6.45) is 3.41. The third-order valence-electron chi connectivity index (χ3n) is 3.92. The van der Waals surface area contributed by atoms with Crippen LogP contribution in [0.2, 0.25) is 0 Å². The number of nitrogens with one attached hydrogen (secondary N) is 2. The fraction of sp³-hybridized carbons (Fsp3) is 0.438. The fourth-order valence-electron chi connectivity index (χ4n) is 2.69. The highest BCUT2D eigenvalue weighted by atomic mass is 19.1. The van der Waals surface area contributed by atoms with E-state index in [4.69, 9.17) is 0 Å². The van der Waals surface area contributed by atoms with E-state index < -0.39 is 5.82 Å². The van der Waals surface area contributed by atoms with Gasteiger partial charge in [-0.2, -0.15) is 5.10 Å². The predicted octanol–water partition coefficient (Wildman–Crippen LogP) is 1.19. The van der Waals surface area contributed by atoms with Crippen molar-refractivity contribution >= 4 is 5.96 Å². The van der Waals surface area contributed by atoms with E-state index in [0.29, 0.717) is 18.1 Å². The number of aromatic nitrogens is 3. The molecule has 0 fully saturated rings. The van der Waals surface area contributed by atoms with Crippen LogP contribution in [-0.2, 0) is 19.5 Å². The van der Waals surface area contributed by atoms with Gasteiger partial charge in [-0.1, -0.05) is 6.07 Å². The molecule has 7 nitrogen and oxygen atoms in total. The van der Waals surface area contributed by atoms with Crippen LogP contribution >= 0.6 is 0 Å². The van der Waals surface area contributed by atoms with Gasteiger partial charge in [-0.25, -0.2) is 19.0 Å². The zero-order valence-corrected chi connectivity index (χ0v) is 13.5. The Kier molecular flexibility index (Phi) is 4.93. The van der Waals surface area contributed by atoms with Crippen LogP contribution < -0.4 is 10.6 Å². The first-order valence-electron chi connectivity index (χ1n) is 8.04. The van der Waals surface area contributed by atoms with Crippen LogP contribution in [0.25, 0.3) is 0 Å². The molecular formula is C16H21FN6O. The number of guanidine groups is 1. The van der Waals surface area contributed by atoms with Crippen LogP contribution in [0.15, 0.2) is 29.5 Å². The van der Waals surface area contributed by atoms with Crippen molar-refractivity contribution < 1.29 is 9.50 Å². The maximum Gasteiger partial charge on any atom is 0.191 e. The van der Waals surface area contributed by atoms with E-state index in [1.807, 2.05) is 11.6 Å². The molecule has 1 aliphatic heterocycles. The Morgan fingerprint density at radius 2 is 2.38 bits per heavy atom. The summed E-state index contributed by atoms with van der Waals surface area (Å²) in [5.41, 5.74) is 0.699. The van der Waals surface area contributed by atoms with Gasteiger partial charge in [-0.3, -0.25) is 0 Å². The first-order valence-corrected chi connectivity index (χ1v) is 8.04. The first kappa shape index (κ1) is 16.2. The molecular weight excluding hydrogens is 311 g/mol.